The van der Waals surface area contributed by atoms with Gasteiger partial charge >= 0.3 is 0 Å². The van der Waals surface area contributed by atoms with Gasteiger partial charge in [-0.2, -0.15) is 0 Å². The Morgan fingerprint density at radius 2 is 1.89 bits per heavy atom. The number of amides is 2. The molecule has 1 saturated heterocycles. The number of aryl methyl sites for hydroxylation is 1. The molecule has 2 heterocycles. The zero-order chi connectivity index (χ0) is 18.8. The molecule has 2 amide bonds. The van der Waals surface area contributed by atoms with Crippen molar-refractivity contribution in [2.75, 3.05) is 18.4 Å². The second-order valence-corrected chi connectivity index (χ2v) is 6.64. The summed E-state index contributed by atoms with van der Waals surface area (Å²) in [5, 5.41) is 11.0. The summed E-state index contributed by atoms with van der Waals surface area (Å²) in [6.07, 6.45) is 2.10. The quantitative estimate of drug-likeness (QED) is 0.773. The van der Waals surface area contributed by atoms with Crippen molar-refractivity contribution >= 4 is 28.5 Å². The molecule has 0 atom stereocenters. The highest BCUT2D eigenvalue weighted by Gasteiger charge is 2.19. The highest BCUT2D eigenvalue weighted by Crippen LogP contribution is 2.18. The Bertz CT molecular complexity index is 1000. The SMILES string of the molecule is CCn1nnc2cc(C(=O)Nc3cccc(C(=O)N4CCCC4)c3)ccc21. The molecule has 4 rings (SSSR count). The van der Waals surface area contributed by atoms with Crippen LogP contribution in [0.2, 0.25) is 0 Å². The van der Waals surface area contributed by atoms with Crippen LogP contribution in [-0.4, -0.2) is 44.8 Å². The number of rotatable bonds is 4. The fraction of sp³-hybridized carbons (Fsp3) is 0.300. The van der Waals surface area contributed by atoms with Gasteiger partial charge in [0, 0.05) is 36.4 Å². The van der Waals surface area contributed by atoms with Gasteiger partial charge in [0.05, 0.1) is 5.52 Å². The number of aromatic nitrogens is 3. The average molecular weight is 363 g/mol. The van der Waals surface area contributed by atoms with Crippen molar-refractivity contribution in [2.45, 2.75) is 26.3 Å². The van der Waals surface area contributed by atoms with Crippen LogP contribution in [0.25, 0.3) is 11.0 Å². The summed E-state index contributed by atoms with van der Waals surface area (Å²) in [4.78, 5) is 27.0. The lowest BCUT2D eigenvalue weighted by molar-refractivity contribution is 0.0792. The van der Waals surface area contributed by atoms with Gasteiger partial charge in [-0.05, 0) is 56.2 Å². The molecular formula is C20H21N5O2. The zero-order valence-corrected chi connectivity index (χ0v) is 15.2. The van der Waals surface area contributed by atoms with Crippen LogP contribution in [0.5, 0.6) is 0 Å². The number of anilines is 1. The smallest absolute Gasteiger partial charge is 0.255 e. The fourth-order valence-electron chi connectivity index (χ4n) is 3.38. The molecule has 0 unspecified atom stereocenters. The molecule has 0 aliphatic carbocycles. The Morgan fingerprint density at radius 3 is 2.67 bits per heavy atom. The van der Waals surface area contributed by atoms with Crippen LogP contribution < -0.4 is 5.32 Å². The second kappa shape index (κ2) is 7.19. The van der Waals surface area contributed by atoms with E-state index in [-0.39, 0.29) is 11.8 Å². The van der Waals surface area contributed by atoms with E-state index in [1.54, 1.807) is 41.1 Å². The van der Waals surface area contributed by atoms with Crippen molar-refractivity contribution in [3.05, 3.63) is 53.6 Å². The number of nitrogens with one attached hydrogen (secondary N) is 1. The fourth-order valence-corrected chi connectivity index (χ4v) is 3.38. The van der Waals surface area contributed by atoms with Crippen molar-refractivity contribution in [1.82, 2.24) is 19.9 Å². The number of likely N-dealkylation sites (tertiary alicyclic amines) is 1. The van der Waals surface area contributed by atoms with Crippen LogP contribution in [-0.2, 0) is 6.54 Å². The first-order chi connectivity index (χ1) is 13.2. The number of hydrogen-bond acceptors (Lipinski definition) is 4. The van der Waals surface area contributed by atoms with Crippen LogP contribution in [0.15, 0.2) is 42.5 Å². The first-order valence-electron chi connectivity index (χ1n) is 9.19. The third-order valence-electron chi connectivity index (χ3n) is 4.84. The molecule has 1 fully saturated rings. The number of carbonyl (C=O) groups excluding carboxylic acids is 2. The summed E-state index contributed by atoms with van der Waals surface area (Å²) in [6.45, 7) is 4.31. The van der Waals surface area contributed by atoms with Gasteiger partial charge in [0.25, 0.3) is 11.8 Å². The summed E-state index contributed by atoms with van der Waals surface area (Å²) in [7, 11) is 0. The summed E-state index contributed by atoms with van der Waals surface area (Å²) in [6, 6.07) is 12.4. The minimum Gasteiger partial charge on any atom is -0.339 e. The van der Waals surface area contributed by atoms with E-state index in [4.69, 9.17) is 0 Å². The number of hydrogen-bond donors (Lipinski definition) is 1. The molecule has 1 aromatic heterocycles. The molecule has 1 aliphatic rings. The molecule has 0 saturated carbocycles. The van der Waals surface area contributed by atoms with Gasteiger partial charge in [0.15, 0.2) is 0 Å². The minimum absolute atomic E-state index is 0.0150. The third-order valence-corrected chi connectivity index (χ3v) is 4.84. The lowest BCUT2D eigenvalue weighted by atomic mass is 10.1. The molecule has 3 aromatic rings. The summed E-state index contributed by atoms with van der Waals surface area (Å²) >= 11 is 0. The van der Waals surface area contributed by atoms with E-state index < -0.39 is 0 Å². The van der Waals surface area contributed by atoms with E-state index >= 15 is 0 Å². The molecule has 7 nitrogen and oxygen atoms in total. The van der Waals surface area contributed by atoms with Gasteiger partial charge < -0.3 is 10.2 Å². The molecule has 0 bridgehead atoms. The van der Waals surface area contributed by atoms with Crippen LogP contribution in [0.1, 0.15) is 40.5 Å². The molecule has 1 N–H and O–H groups in total. The maximum Gasteiger partial charge on any atom is 0.255 e. The van der Waals surface area contributed by atoms with Crippen LogP contribution in [0.4, 0.5) is 5.69 Å². The molecular weight excluding hydrogens is 342 g/mol. The van der Waals surface area contributed by atoms with E-state index in [0.717, 1.165) is 38.0 Å². The minimum atomic E-state index is -0.242. The summed E-state index contributed by atoms with van der Waals surface area (Å²) in [5.74, 6) is -0.227. The average Bonchev–Trinajstić information content (AvgIpc) is 3.36. The van der Waals surface area contributed by atoms with Gasteiger partial charge in [-0.3, -0.25) is 9.59 Å². The normalized spacial score (nSPS) is 13.9. The van der Waals surface area contributed by atoms with Crippen molar-refractivity contribution < 1.29 is 9.59 Å². The highest BCUT2D eigenvalue weighted by molar-refractivity contribution is 6.06. The molecule has 0 spiro atoms. The van der Waals surface area contributed by atoms with Gasteiger partial charge in [-0.1, -0.05) is 11.3 Å². The first kappa shape index (κ1) is 17.2. The largest absolute Gasteiger partial charge is 0.339 e. The zero-order valence-electron chi connectivity index (χ0n) is 15.2. The van der Waals surface area contributed by atoms with Crippen molar-refractivity contribution in [3.63, 3.8) is 0 Å². The van der Waals surface area contributed by atoms with Gasteiger partial charge in [0.1, 0.15) is 5.52 Å². The molecule has 0 radical (unpaired) electrons. The molecule has 2 aromatic carbocycles. The van der Waals surface area contributed by atoms with Crippen LogP contribution in [0, 0.1) is 0 Å². The maximum absolute atomic E-state index is 12.6. The van der Waals surface area contributed by atoms with E-state index in [9.17, 15) is 9.59 Å². The van der Waals surface area contributed by atoms with Gasteiger partial charge in [-0.25, -0.2) is 4.68 Å². The number of carbonyl (C=O) groups is 2. The standard InChI is InChI=1S/C20H21N5O2/c1-2-25-18-9-8-14(13-17(18)22-23-25)19(26)21-16-7-5-6-15(12-16)20(27)24-10-3-4-11-24/h5-9,12-13H,2-4,10-11H2,1H3,(H,21,26). The Kier molecular flexibility index (Phi) is 4.58. The Balaban J connectivity index is 1.52. The van der Waals surface area contributed by atoms with Gasteiger partial charge in [-0.15, -0.1) is 5.10 Å². The molecule has 1 aliphatic heterocycles. The Hall–Kier alpha value is -3.22. The van der Waals surface area contributed by atoms with Gasteiger partial charge in [0.2, 0.25) is 0 Å². The lowest BCUT2D eigenvalue weighted by Gasteiger charge is -2.15. The first-order valence-corrected chi connectivity index (χ1v) is 9.19. The highest BCUT2D eigenvalue weighted by atomic mass is 16.2. The molecule has 138 valence electrons. The van der Waals surface area contributed by atoms with Crippen molar-refractivity contribution in [3.8, 4) is 0 Å². The van der Waals surface area contributed by atoms with E-state index in [2.05, 4.69) is 15.6 Å². The van der Waals surface area contributed by atoms with Crippen molar-refractivity contribution in [1.29, 1.82) is 0 Å². The maximum atomic E-state index is 12.6. The number of benzene rings is 2. The topological polar surface area (TPSA) is 80.1 Å². The Morgan fingerprint density at radius 1 is 1.07 bits per heavy atom. The number of fused-ring (bicyclic) bond motifs is 1. The monoisotopic (exact) mass is 363 g/mol. The van der Waals surface area contributed by atoms with E-state index in [1.807, 2.05) is 17.9 Å². The summed E-state index contributed by atoms with van der Waals surface area (Å²) in [5.41, 5.74) is 3.27. The molecule has 27 heavy (non-hydrogen) atoms. The van der Waals surface area contributed by atoms with E-state index in [0.29, 0.717) is 22.3 Å². The lowest BCUT2D eigenvalue weighted by Crippen LogP contribution is -2.27. The predicted molar refractivity (Wildman–Crippen MR) is 103 cm³/mol. The van der Waals surface area contributed by atoms with Crippen LogP contribution in [0.3, 0.4) is 0 Å². The second-order valence-electron chi connectivity index (χ2n) is 6.64. The Labute approximate surface area is 157 Å². The third kappa shape index (κ3) is 3.40. The number of nitrogens with zero attached hydrogens (tertiary/aromatic N) is 4. The van der Waals surface area contributed by atoms with Crippen LogP contribution >= 0.6 is 0 Å². The predicted octanol–water partition coefficient (Wildman–Crippen LogP) is 2.94. The molecule has 7 heteroatoms. The van der Waals surface area contributed by atoms with E-state index in [1.165, 1.54) is 0 Å². The van der Waals surface area contributed by atoms with Crippen molar-refractivity contribution in [2.24, 2.45) is 0 Å². The summed E-state index contributed by atoms with van der Waals surface area (Å²) < 4.78 is 1.78.